The van der Waals surface area contributed by atoms with Gasteiger partial charge in [0.25, 0.3) is 0 Å². The number of aliphatic hydroxyl groups is 1. The molecule has 40 heavy (non-hydrogen) atoms. The van der Waals surface area contributed by atoms with Gasteiger partial charge >= 0.3 is 0 Å². The molecule has 0 spiro atoms. The monoisotopic (exact) mass is 606 g/mol. The van der Waals surface area contributed by atoms with E-state index in [-0.39, 0.29) is 17.1 Å². The second-order valence-corrected chi connectivity index (χ2v) is 13.6. The fourth-order valence-corrected chi connectivity index (χ4v) is 8.84. The number of carbonyl (C=O) groups excluding carboxylic acids is 1. The smallest absolute Gasteiger partial charge is 0.156 e. The first kappa shape index (κ1) is 29.7. The van der Waals surface area contributed by atoms with Crippen LogP contribution in [0.4, 0.5) is 0 Å². The largest absolute Gasteiger partial charge is 0.494 e. The molecule has 5 rings (SSSR count). The van der Waals surface area contributed by atoms with Gasteiger partial charge < -0.3 is 9.84 Å². The van der Waals surface area contributed by atoms with Gasteiger partial charge in [-0.3, -0.25) is 4.79 Å². The number of carbonyl (C=O) groups is 1. The van der Waals surface area contributed by atoms with Gasteiger partial charge in [-0.25, -0.2) is 0 Å². The van der Waals surface area contributed by atoms with Crippen LogP contribution in [0, 0.1) is 29.1 Å². The molecule has 0 saturated heterocycles. The Labute approximate surface area is 250 Å². The Kier molecular flexibility index (Phi) is 9.64. The van der Waals surface area contributed by atoms with Crippen molar-refractivity contribution in [3.63, 3.8) is 0 Å². The summed E-state index contributed by atoms with van der Waals surface area (Å²) in [6, 6.07) is 8.79. The topological polar surface area (TPSA) is 46.5 Å². The van der Waals surface area contributed by atoms with E-state index in [4.69, 9.17) is 4.74 Å². The highest BCUT2D eigenvalue weighted by molar-refractivity contribution is 9.09. The number of alkyl halides is 1. The molecule has 0 aliphatic heterocycles. The molecule has 216 valence electrons. The molecular formula is C36H47BrO3. The zero-order valence-electron chi connectivity index (χ0n) is 24.6. The summed E-state index contributed by atoms with van der Waals surface area (Å²) in [5.74, 6) is 8.66. The number of ketones is 1. The van der Waals surface area contributed by atoms with Crippen molar-refractivity contribution in [3.8, 4) is 17.6 Å². The van der Waals surface area contributed by atoms with Gasteiger partial charge in [0.2, 0.25) is 0 Å². The lowest BCUT2D eigenvalue weighted by Crippen LogP contribution is -2.51. The number of allylic oxidation sites excluding steroid dienone is 4. The molecule has 0 radical (unpaired) electrons. The van der Waals surface area contributed by atoms with Gasteiger partial charge in [-0.2, -0.15) is 0 Å². The molecule has 1 aromatic carbocycles. The highest BCUT2D eigenvalue weighted by Crippen LogP contribution is 2.66. The van der Waals surface area contributed by atoms with Crippen molar-refractivity contribution >= 4 is 21.7 Å². The lowest BCUT2D eigenvalue weighted by atomic mass is 9.51. The Morgan fingerprint density at radius 2 is 1.73 bits per heavy atom. The minimum atomic E-state index is -0.934. The second kappa shape index (κ2) is 13.0. The van der Waals surface area contributed by atoms with E-state index in [1.165, 1.54) is 55.2 Å². The maximum atomic E-state index is 12.3. The maximum Gasteiger partial charge on any atom is 0.156 e. The molecule has 5 atom stereocenters. The van der Waals surface area contributed by atoms with E-state index in [9.17, 15) is 9.90 Å². The molecule has 1 N–H and O–H groups in total. The first-order chi connectivity index (χ1) is 19.4. The van der Waals surface area contributed by atoms with E-state index in [1.807, 2.05) is 13.0 Å². The van der Waals surface area contributed by atoms with Crippen molar-refractivity contribution < 1.29 is 14.6 Å². The van der Waals surface area contributed by atoms with E-state index in [1.54, 1.807) is 5.57 Å². The summed E-state index contributed by atoms with van der Waals surface area (Å²) < 4.78 is 6.13. The van der Waals surface area contributed by atoms with Crippen LogP contribution in [0.2, 0.25) is 0 Å². The summed E-state index contributed by atoms with van der Waals surface area (Å²) in [7, 11) is 0. The molecular weight excluding hydrogens is 560 g/mol. The van der Waals surface area contributed by atoms with Gasteiger partial charge in [-0.05, 0) is 105 Å². The zero-order valence-corrected chi connectivity index (χ0v) is 26.2. The summed E-state index contributed by atoms with van der Waals surface area (Å²) in [6.07, 6.45) is 17.1. The normalized spacial score (nSPS) is 31.1. The summed E-state index contributed by atoms with van der Waals surface area (Å²) in [4.78, 5) is 12.3. The van der Waals surface area contributed by atoms with Gasteiger partial charge in [-0.1, -0.05) is 78.6 Å². The van der Waals surface area contributed by atoms with Crippen molar-refractivity contribution in [1.29, 1.82) is 0 Å². The number of hydrogen-bond acceptors (Lipinski definition) is 3. The molecule has 0 heterocycles. The number of benzene rings is 1. The van der Waals surface area contributed by atoms with Crippen molar-refractivity contribution in [2.24, 2.45) is 17.3 Å². The van der Waals surface area contributed by atoms with E-state index >= 15 is 0 Å². The van der Waals surface area contributed by atoms with E-state index < -0.39 is 5.60 Å². The third-order valence-corrected chi connectivity index (χ3v) is 11.1. The van der Waals surface area contributed by atoms with Crippen molar-refractivity contribution in [2.45, 2.75) is 115 Å². The predicted molar refractivity (Wildman–Crippen MR) is 167 cm³/mol. The summed E-state index contributed by atoms with van der Waals surface area (Å²) >= 11 is 3.51. The first-order valence-electron chi connectivity index (χ1n) is 15.8. The molecule has 0 unspecified atom stereocenters. The van der Waals surface area contributed by atoms with Crippen LogP contribution in [-0.4, -0.2) is 28.4 Å². The predicted octanol–water partition coefficient (Wildman–Crippen LogP) is 8.84. The van der Waals surface area contributed by atoms with Crippen LogP contribution in [0.5, 0.6) is 5.75 Å². The molecule has 3 nitrogen and oxygen atoms in total. The zero-order chi connectivity index (χ0) is 28.2. The van der Waals surface area contributed by atoms with Gasteiger partial charge in [0.15, 0.2) is 5.78 Å². The minimum absolute atomic E-state index is 0.236. The highest BCUT2D eigenvalue weighted by atomic mass is 79.9. The third-order valence-electron chi connectivity index (χ3n) is 10.5. The summed E-state index contributed by atoms with van der Waals surface area (Å²) in [5.41, 5.74) is 4.42. The Morgan fingerprint density at radius 3 is 2.45 bits per heavy atom. The lowest BCUT2D eigenvalue weighted by molar-refractivity contribution is -0.114. The molecule has 1 aromatic rings. The number of hydrogen-bond donors (Lipinski definition) is 1. The minimum Gasteiger partial charge on any atom is -0.494 e. The van der Waals surface area contributed by atoms with Gasteiger partial charge in [0.05, 0.1) is 6.61 Å². The van der Waals surface area contributed by atoms with E-state index in [0.717, 1.165) is 62.6 Å². The molecule has 4 heteroatoms. The molecule has 0 amide bonds. The SMILES string of the molecule is CC#C[C@]1(O)CC[C@H]2[C@@H]3CCC4=CC(=O)CCC4=C3[C@@H](c3ccc(OCCCCCCCCCBr)cc3)C[C@@]21C. The van der Waals surface area contributed by atoms with Crippen molar-refractivity contribution in [3.05, 3.63) is 52.6 Å². The van der Waals surface area contributed by atoms with Crippen molar-refractivity contribution in [1.82, 2.24) is 0 Å². The van der Waals surface area contributed by atoms with E-state index in [2.05, 4.69) is 59.0 Å². The number of fused-ring (bicyclic) bond motifs is 4. The van der Waals surface area contributed by atoms with Gasteiger partial charge in [-0.15, -0.1) is 5.92 Å². The van der Waals surface area contributed by atoms with Crippen LogP contribution in [-0.2, 0) is 4.79 Å². The number of ether oxygens (including phenoxy) is 1. The molecule has 4 aliphatic rings. The van der Waals surface area contributed by atoms with Crippen molar-refractivity contribution in [2.75, 3.05) is 11.9 Å². The molecule has 0 aromatic heterocycles. The summed E-state index contributed by atoms with van der Waals surface area (Å²) in [6.45, 7) is 4.93. The third kappa shape index (κ3) is 5.89. The van der Waals surface area contributed by atoms with Crippen LogP contribution < -0.4 is 4.74 Å². The number of halogens is 1. The summed E-state index contributed by atoms with van der Waals surface area (Å²) in [5, 5.41) is 13.0. The average Bonchev–Trinajstić information content (AvgIpc) is 3.21. The molecule has 2 fully saturated rings. The van der Waals surface area contributed by atoms with Gasteiger partial charge in [0.1, 0.15) is 11.4 Å². The first-order valence-corrected chi connectivity index (χ1v) is 16.9. The Morgan fingerprint density at radius 1 is 1.00 bits per heavy atom. The standard InChI is InChI=1S/C36H47BrO3/c1-3-20-36(39)21-19-33-31-17-13-27-24-28(38)14-18-30(27)34(31)32(25-35(33,36)2)26-11-15-29(16-12-26)40-23-10-8-6-4-5-7-9-22-37/h11-12,15-16,24,31-33,39H,4-10,13-14,17-19,21-23,25H2,1-2H3/t31-,32+,33-,35-,36-/m0/s1. The van der Waals surface area contributed by atoms with Crippen LogP contribution in [0.1, 0.15) is 115 Å². The van der Waals surface area contributed by atoms with E-state index in [0.29, 0.717) is 18.3 Å². The number of unbranched alkanes of at least 4 members (excludes halogenated alkanes) is 6. The Hall–Kier alpha value is -1.83. The lowest BCUT2D eigenvalue weighted by Gasteiger charge is -2.53. The average molecular weight is 608 g/mol. The quantitative estimate of drug-likeness (QED) is 0.155. The fraction of sp³-hybridized carbons (Fsp3) is 0.639. The maximum absolute atomic E-state index is 12.3. The Bertz CT molecular complexity index is 1180. The van der Waals surface area contributed by atoms with Crippen LogP contribution in [0.15, 0.2) is 47.1 Å². The highest BCUT2D eigenvalue weighted by Gasteiger charge is 2.62. The van der Waals surface area contributed by atoms with Crippen LogP contribution in [0.3, 0.4) is 0 Å². The fourth-order valence-electron chi connectivity index (χ4n) is 8.44. The molecule has 2 saturated carbocycles. The second-order valence-electron chi connectivity index (χ2n) is 12.9. The molecule has 0 bridgehead atoms. The number of rotatable bonds is 11. The van der Waals surface area contributed by atoms with Crippen LogP contribution >= 0.6 is 15.9 Å². The Balaban J connectivity index is 1.33. The van der Waals surface area contributed by atoms with Crippen LogP contribution in [0.25, 0.3) is 0 Å². The van der Waals surface area contributed by atoms with Gasteiger partial charge in [0, 0.05) is 23.1 Å². The molecule has 4 aliphatic carbocycles.